The van der Waals surface area contributed by atoms with E-state index in [0.717, 1.165) is 39.5 Å². The van der Waals surface area contributed by atoms with Gasteiger partial charge in [0.05, 0.1) is 31.0 Å². The Labute approximate surface area is 171 Å². The molecule has 0 aliphatic heterocycles. The number of nitrogens with one attached hydrogen (secondary N) is 1. The molecule has 29 heavy (non-hydrogen) atoms. The lowest BCUT2D eigenvalue weighted by Crippen LogP contribution is -2.14. The topological polar surface area (TPSA) is 86.2 Å². The number of aryl methyl sites for hydroxylation is 1. The van der Waals surface area contributed by atoms with Crippen LogP contribution >= 0.6 is 11.5 Å². The molecule has 4 aromatic rings. The quantitative estimate of drug-likeness (QED) is 0.531. The molecule has 0 fully saturated rings. The Morgan fingerprint density at radius 1 is 0.966 bits per heavy atom. The number of hydrogen-bond acceptors (Lipinski definition) is 7. The van der Waals surface area contributed by atoms with Crippen molar-refractivity contribution >= 4 is 33.5 Å². The van der Waals surface area contributed by atoms with E-state index in [-0.39, 0.29) is 5.91 Å². The number of rotatable bonds is 5. The van der Waals surface area contributed by atoms with Crippen molar-refractivity contribution in [1.29, 1.82) is 0 Å². The first-order valence-corrected chi connectivity index (χ1v) is 9.59. The third-order valence-electron chi connectivity index (χ3n) is 4.45. The first-order chi connectivity index (χ1) is 14.1. The van der Waals surface area contributed by atoms with E-state index >= 15 is 0 Å². The van der Waals surface area contributed by atoms with Gasteiger partial charge in [-0.15, -0.1) is 0 Å². The zero-order valence-corrected chi connectivity index (χ0v) is 16.9. The SMILES string of the molecule is COc1ccc(-c2nsc(NC(=O)c3cc4ccc(OC)cc4nc3C)n2)cc1. The molecule has 146 valence electrons. The largest absolute Gasteiger partial charge is 0.497 e. The highest BCUT2D eigenvalue weighted by Gasteiger charge is 2.15. The van der Waals surface area contributed by atoms with Gasteiger partial charge in [0.2, 0.25) is 5.13 Å². The number of carbonyl (C=O) groups excluding carboxylic acids is 1. The molecule has 0 atom stereocenters. The summed E-state index contributed by atoms with van der Waals surface area (Å²) in [6.45, 7) is 1.80. The Balaban J connectivity index is 1.56. The summed E-state index contributed by atoms with van der Waals surface area (Å²) in [5.74, 6) is 1.76. The fourth-order valence-corrected chi connectivity index (χ4v) is 3.48. The Morgan fingerprint density at radius 3 is 2.41 bits per heavy atom. The van der Waals surface area contributed by atoms with E-state index in [1.165, 1.54) is 0 Å². The minimum atomic E-state index is -0.273. The molecule has 0 unspecified atom stereocenters. The van der Waals surface area contributed by atoms with E-state index in [1.807, 2.05) is 48.5 Å². The highest BCUT2D eigenvalue weighted by atomic mass is 32.1. The van der Waals surface area contributed by atoms with Crippen LogP contribution in [0.2, 0.25) is 0 Å². The van der Waals surface area contributed by atoms with Crippen LogP contribution in [-0.2, 0) is 0 Å². The number of carbonyl (C=O) groups is 1. The van der Waals surface area contributed by atoms with Crippen LogP contribution < -0.4 is 14.8 Å². The summed E-state index contributed by atoms with van der Waals surface area (Å²) in [6.07, 6.45) is 0. The van der Waals surface area contributed by atoms with Crippen LogP contribution in [-0.4, -0.2) is 34.5 Å². The third-order valence-corrected chi connectivity index (χ3v) is 5.09. The minimum Gasteiger partial charge on any atom is -0.497 e. The summed E-state index contributed by atoms with van der Waals surface area (Å²) in [4.78, 5) is 21.7. The Kier molecular flexibility index (Phi) is 5.09. The summed E-state index contributed by atoms with van der Waals surface area (Å²) in [5.41, 5.74) is 2.74. The highest BCUT2D eigenvalue weighted by molar-refractivity contribution is 7.10. The van der Waals surface area contributed by atoms with Gasteiger partial charge in [-0.2, -0.15) is 9.36 Å². The van der Waals surface area contributed by atoms with E-state index in [4.69, 9.17) is 9.47 Å². The molecule has 0 bridgehead atoms. The van der Waals surface area contributed by atoms with Gasteiger partial charge in [0.25, 0.3) is 5.91 Å². The summed E-state index contributed by atoms with van der Waals surface area (Å²) in [7, 11) is 3.22. The van der Waals surface area contributed by atoms with Crippen molar-refractivity contribution in [1.82, 2.24) is 14.3 Å². The molecule has 0 aliphatic carbocycles. The second-order valence-corrected chi connectivity index (χ2v) is 7.04. The maximum absolute atomic E-state index is 12.8. The van der Waals surface area contributed by atoms with Gasteiger partial charge < -0.3 is 9.47 Å². The molecule has 4 rings (SSSR count). The predicted molar refractivity (Wildman–Crippen MR) is 113 cm³/mol. The van der Waals surface area contributed by atoms with Crippen LogP contribution in [0.3, 0.4) is 0 Å². The van der Waals surface area contributed by atoms with Gasteiger partial charge in [0.1, 0.15) is 11.5 Å². The van der Waals surface area contributed by atoms with Crippen molar-refractivity contribution in [2.24, 2.45) is 0 Å². The summed E-state index contributed by atoms with van der Waals surface area (Å²) < 4.78 is 14.7. The van der Waals surface area contributed by atoms with Crippen LogP contribution in [0.25, 0.3) is 22.3 Å². The van der Waals surface area contributed by atoms with Crippen molar-refractivity contribution in [3.05, 3.63) is 59.8 Å². The Bertz CT molecular complexity index is 1190. The van der Waals surface area contributed by atoms with Crippen LogP contribution in [0.15, 0.2) is 48.5 Å². The molecule has 0 saturated heterocycles. The van der Waals surface area contributed by atoms with Gasteiger partial charge in [-0.05, 0) is 49.4 Å². The average molecular weight is 406 g/mol. The number of fused-ring (bicyclic) bond motifs is 1. The standard InChI is InChI=1S/C21H18N4O3S/c1-12-17(10-14-6-9-16(28-3)11-18(14)22-12)20(26)24-21-23-19(25-29-21)13-4-7-15(27-2)8-5-13/h4-11H,1-3H3,(H,23,24,25,26). The molecular weight excluding hydrogens is 388 g/mol. The second kappa shape index (κ2) is 7.84. The molecule has 1 N–H and O–H groups in total. The summed E-state index contributed by atoms with van der Waals surface area (Å²) in [6, 6.07) is 14.8. The Morgan fingerprint density at radius 2 is 1.69 bits per heavy atom. The van der Waals surface area contributed by atoms with Gasteiger partial charge in [-0.3, -0.25) is 15.1 Å². The zero-order valence-electron chi connectivity index (χ0n) is 16.1. The first-order valence-electron chi connectivity index (χ1n) is 8.82. The number of hydrogen-bond donors (Lipinski definition) is 1. The molecule has 0 aliphatic rings. The van der Waals surface area contributed by atoms with E-state index < -0.39 is 0 Å². The number of ether oxygens (including phenoxy) is 2. The number of anilines is 1. The lowest BCUT2D eigenvalue weighted by atomic mass is 10.1. The van der Waals surface area contributed by atoms with Crippen LogP contribution in [0.1, 0.15) is 16.1 Å². The van der Waals surface area contributed by atoms with Crippen molar-refractivity contribution < 1.29 is 14.3 Å². The van der Waals surface area contributed by atoms with Crippen LogP contribution in [0.4, 0.5) is 5.13 Å². The van der Waals surface area contributed by atoms with Gasteiger partial charge in [-0.25, -0.2) is 0 Å². The number of benzene rings is 2. The molecule has 8 heteroatoms. The Hall–Kier alpha value is -3.52. The fraction of sp³-hybridized carbons (Fsp3) is 0.143. The molecule has 0 radical (unpaired) electrons. The first kappa shape index (κ1) is 18.8. The molecule has 0 spiro atoms. The van der Waals surface area contributed by atoms with E-state index in [0.29, 0.717) is 22.2 Å². The average Bonchev–Trinajstić information content (AvgIpc) is 3.21. The number of amides is 1. The number of methoxy groups -OCH3 is 2. The lowest BCUT2D eigenvalue weighted by Gasteiger charge is -2.08. The molecule has 2 heterocycles. The number of pyridine rings is 1. The zero-order chi connectivity index (χ0) is 20.4. The predicted octanol–water partition coefficient (Wildman–Crippen LogP) is 4.33. The van der Waals surface area contributed by atoms with Crippen LogP contribution in [0.5, 0.6) is 11.5 Å². The van der Waals surface area contributed by atoms with Gasteiger partial charge in [-0.1, -0.05) is 0 Å². The normalized spacial score (nSPS) is 10.7. The van der Waals surface area contributed by atoms with E-state index in [1.54, 1.807) is 21.1 Å². The summed E-state index contributed by atoms with van der Waals surface area (Å²) >= 11 is 1.13. The highest BCUT2D eigenvalue weighted by Crippen LogP contribution is 2.25. The van der Waals surface area contributed by atoms with Crippen molar-refractivity contribution in [3.63, 3.8) is 0 Å². The monoisotopic (exact) mass is 406 g/mol. The maximum atomic E-state index is 12.8. The maximum Gasteiger partial charge on any atom is 0.259 e. The second-order valence-electron chi connectivity index (χ2n) is 6.29. The molecule has 2 aromatic carbocycles. The third kappa shape index (κ3) is 3.88. The number of nitrogens with zero attached hydrogens (tertiary/aromatic N) is 3. The molecule has 7 nitrogen and oxygen atoms in total. The molecule has 2 aromatic heterocycles. The lowest BCUT2D eigenvalue weighted by molar-refractivity contribution is 0.102. The minimum absolute atomic E-state index is 0.273. The van der Waals surface area contributed by atoms with E-state index in [9.17, 15) is 4.79 Å². The van der Waals surface area contributed by atoms with Crippen molar-refractivity contribution in [2.45, 2.75) is 6.92 Å². The summed E-state index contributed by atoms with van der Waals surface area (Å²) in [5, 5.41) is 4.10. The molecule has 1 amide bonds. The molecule has 0 saturated carbocycles. The number of aromatic nitrogens is 3. The van der Waals surface area contributed by atoms with Crippen molar-refractivity contribution in [2.75, 3.05) is 19.5 Å². The van der Waals surface area contributed by atoms with Crippen LogP contribution in [0, 0.1) is 6.92 Å². The van der Waals surface area contributed by atoms with Crippen molar-refractivity contribution in [3.8, 4) is 22.9 Å². The van der Waals surface area contributed by atoms with Gasteiger partial charge in [0.15, 0.2) is 5.82 Å². The van der Waals surface area contributed by atoms with Gasteiger partial charge in [0, 0.05) is 28.5 Å². The van der Waals surface area contributed by atoms with E-state index in [2.05, 4.69) is 19.7 Å². The van der Waals surface area contributed by atoms with Gasteiger partial charge >= 0.3 is 0 Å². The molecular formula is C21H18N4O3S. The smallest absolute Gasteiger partial charge is 0.259 e. The fourth-order valence-electron chi connectivity index (χ4n) is 2.90.